The number of aromatic nitrogens is 7. The Hall–Kier alpha value is -13.6. The maximum atomic E-state index is 5.66. The lowest BCUT2D eigenvalue weighted by atomic mass is 9.33. The largest absolute Gasteiger partial charge is 0.311 e. The molecule has 10 heteroatoms. The zero-order chi connectivity index (χ0) is 66.5. The summed E-state index contributed by atoms with van der Waals surface area (Å²) < 4.78 is 4.80. The van der Waals surface area contributed by atoms with E-state index in [1.54, 1.807) is 0 Å². The average Bonchev–Trinajstić information content (AvgIpc) is 1.70. The van der Waals surface area contributed by atoms with Gasteiger partial charge in [0.2, 0.25) is 0 Å². The first-order valence-electron chi connectivity index (χ1n) is 34.3. The number of hydrogen-bond acceptors (Lipinski definition) is 7. The van der Waals surface area contributed by atoms with Gasteiger partial charge in [0, 0.05) is 94.7 Å². The van der Waals surface area contributed by atoms with Crippen molar-refractivity contribution in [2.24, 2.45) is 0 Å². The molecular formula is C91H58BN9. The van der Waals surface area contributed by atoms with Crippen LogP contribution in [0.15, 0.2) is 352 Å². The van der Waals surface area contributed by atoms with Crippen LogP contribution in [0.2, 0.25) is 0 Å². The van der Waals surface area contributed by atoms with Gasteiger partial charge in [0.15, 0.2) is 23.3 Å². The van der Waals surface area contributed by atoms with Crippen LogP contribution in [-0.4, -0.2) is 40.8 Å². The number of fused-ring (bicyclic) bond motifs is 10. The fourth-order valence-electron chi connectivity index (χ4n) is 15.6. The van der Waals surface area contributed by atoms with Crippen molar-refractivity contribution in [1.82, 2.24) is 34.1 Å². The molecule has 470 valence electrons. The second kappa shape index (κ2) is 23.6. The predicted octanol–water partition coefficient (Wildman–Crippen LogP) is 20.6. The van der Waals surface area contributed by atoms with Crippen LogP contribution in [0.5, 0.6) is 0 Å². The summed E-state index contributed by atoms with van der Waals surface area (Å²) in [6, 6.07) is 125. The van der Waals surface area contributed by atoms with Gasteiger partial charge < -0.3 is 18.9 Å². The molecule has 9 nitrogen and oxygen atoms in total. The minimum atomic E-state index is 0.0558. The first-order chi connectivity index (χ1) is 50.1. The van der Waals surface area contributed by atoms with Crippen molar-refractivity contribution in [2.75, 3.05) is 9.80 Å². The van der Waals surface area contributed by atoms with Gasteiger partial charge in [-0.05, 0) is 137 Å². The summed E-state index contributed by atoms with van der Waals surface area (Å²) in [6.45, 7) is 0.0558. The number of para-hydroxylation sites is 6. The molecule has 0 unspecified atom stereocenters. The van der Waals surface area contributed by atoms with Crippen molar-refractivity contribution < 1.29 is 0 Å². The van der Waals surface area contributed by atoms with Crippen LogP contribution in [-0.2, 0) is 0 Å². The van der Waals surface area contributed by atoms with Crippen LogP contribution in [0.25, 0.3) is 134 Å². The molecule has 0 saturated heterocycles. The number of nitrogens with zero attached hydrogens (tertiary/aromatic N) is 9. The maximum absolute atomic E-state index is 5.66. The van der Waals surface area contributed by atoms with Gasteiger partial charge in [0.1, 0.15) is 0 Å². The van der Waals surface area contributed by atoms with Crippen LogP contribution in [0.3, 0.4) is 0 Å². The zero-order valence-electron chi connectivity index (χ0n) is 54.6. The highest BCUT2D eigenvalue weighted by atomic mass is 15.2. The fourth-order valence-corrected chi connectivity index (χ4v) is 15.6. The predicted molar refractivity (Wildman–Crippen MR) is 416 cm³/mol. The molecule has 0 radical (unpaired) electrons. The van der Waals surface area contributed by atoms with Gasteiger partial charge in [0.05, 0.1) is 39.1 Å². The van der Waals surface area contributed by atoms with Crippen molar-refractivity contribution in [2.45, 2.75) is 0 Å². The highest BCUT2D eigenvalue weighted by Gasteiger charge is 2.43. The summed E-state index contributed by atoms with van der Waals surface area (Å²) in [7, 11) is 0. The Labute approximate surface area is 583 Å². The number of anilines is 6. The Balaban J connectivity index is 0.762. The van der Waals surface area contributed by atoms with Crippen LogP contribution in [0.1, 0.15) is 0 Å². The van der Waals surface area contributed by atoms with Gasteiger partial charge in [-0.25, -0.2) is 24.9 Å². The molecule has 0 spiro atoms. The minimum absolute atomic E-state index is 0.0558. The van der Waals surface area contributed by atoms with E-state index in [9.17, 15) is 0 Å². The molecule has 6 heterocycles. The van der Waals surface area contributed by atoms with Gasteiger partial charge in [-0.2, -0.15) is 0 Å². The molecule has 0 bridgehead atoms. The van der Waals surface area contributed by atoms with Crippen molar-refractivity contribution in [3.63, 3.8) is 0 Å². The molecule has 0 fully saturated rings. The van der Waals surface area contributed by atoms with Gasteiger partial charge in [-0.1, -0.05) is 243 Å². The summed E-state index contributed by atoms with van der Waals surface area (Å²) in [6.07, 6.45) is 0. The summed E-state index contributed by atoms with van der Waals surface area (Å²) in [5.74, 6) is 2.23. The summed E-state index contributed by atoms with van der Waals surface area (Å²) >= 11 is 0. The average molecular weight is 1290 g/mol. The van der Waals surface area contributed by atoms with E-state index in [2.05, 4.69) is 328 Å². The van der Waals surface area contributed by atoms with Crippen LogP contribution in [0, 0.1) is 0 Å². The number of hydrogen-bond donors (Lipinski definition) is 0. The Morgan fingerprint density at radius 1 is 0.218 bits per heavy atom. The minimum Gasteiger partial charge on any atom is -0.311 e. The lowest BCUT2D eigenvalue weighted by molar-refractivity contribution is 1.06. The summed E-state index contributed by atoms with van der Waals surface area (Å²) in [4.78, 5) is 32.1. The fraction of sp³-hybridized carbons (Fsp3) is 0. The highest BCUT2D eigenvalue weighted by molar-refractivity contribution is 7.00. The summed E-state index contributed by atoms with van der Waals surface area (Å²) in [5, 5.41) is 4.64. The molecular weight excluding hydrogens is 1230 g/mol. The molecule has 0 amide bonds. The molecule has 0 atom stereocenters. The van der Waals surface area contributed by atoms with E-state index < -0.39 is 0 Å². The van der Waals surface area contributed by atoms with Crippen LogP contribution in [0.4, 0.5) is 34.1 Å². The molecule has 2 aliphatic heterocycles. The molecule has 0 N–H and O–H groups in total. The molecule has 14 aromatic carbocycles. The first-order valence-corrected chi connectivity index (χ1v) is 34.3. The van der Waals surface area contributed by atoms with Gasteiger partial charge in [-0.3, -0.25) is 0 Å². The lowest BCUT2D eigenvalue weighted by Gasteiger charge is -2.44. The first kappa shape index (κ1) is 57.7. The molecule has 18 aromatic rings. The van der Waals surface area contributed by atoms with Gasteiger partial charge >= 0.3 is 0 Å². The van der Waals surface area contributed by atoms with E-state index >= 15 is 0 Å². The monoisotopic (exact) mass is 1290 g/mol. The maximum Gasteiger partial charge on any atom is 0.252 e. The van der Waals surface area contributed by atoms with Crippen LogP contribution >= 0.6 is 0 Å². The van der Waals surface area contributed by atoms with Crippen LogP contribution < -0.4 is 26.2 Å². The van der Waals surface area contributed by atoms with E-state index in [0.29, 0.717) is 23.3 Å². The second-order valence-electron chi connectivity index (χ2n) is 25.9. The normalized spacial score (nSPS) is 12.3. The van der Waals surface area contributed by atoms with Crippen molar-refractivity contribution >= 4 is 101 Å². The van der Waals surface area contributed by atoms with E-state index in [-0.39, 0.29) is 6.71 Å². The third kappa shape index (κ3) is 9.59. The van der Waals surface area contributed by atoms with E-state index in [1.807, 2.05) is 42.5 Å². The zero-order valence-corrected chi connectivity index (χ0v) is 54.6. The van der Waals surface area contributed by atoms with Gasteiger partial charge in [-0.15, -0.1) is 0 Å². The summed E-state index contributed by atoms with van der Waals surface area (Å²) in [5.41, 5.74) is 26.1. The van der Waals surface area contributed by atoms with E-state index in [0.717, 1.165) is 117 Å². The highest BCUT2D eigenvalue weighted by Crippen LogP contribution is 2.46. The Kier molecular flexibility index (Phi) is 13.5. The number of benzene rings is 14. The SMILES string of the molecule is c1ccc(-c2cc(-c3ccc(-n4c5ccccc5c5cc6c7ccccc7n(-c7ccccc7)c6cc54)c(-c4nc(-c5ccccc5)nc(-c5cccc(-c6ccc(N7c8ccccc8B8c9ccccc9N(c9ccccc9)c9cccc7c98)cc6)c5)n4)c3)nc(-c3ccccc3)n2)cc1. The third-order valence-electron chi connectivity index (χ3n) is 20.2. The van der Waals surface area contributed by atoms with Crippen molar-refractivity contribution in [1.29, 1.82) is 0 Å². The van der Waals surface area contributed by atoms with Crippen molar-refractivity contribution in [3.8, 4) is 90.6 Å². The quantitative estimate of drug-likeness (QED) is 0.119. The van der Waals surface area contributed by atoms with E-state index in [4.69, 9.17) is 24.9 Å². The molecule has 0 aliphatic carbocycles. The molecule has 4 aromatic heterocycles. The standard InChI is InChI=1S/C91H58BN9/c1-6-26-60(27-7-1)76-57-77(94-88(93-76)61-28-8-2-9-29-61)64-50-53-80(101-79-43-21-17-39-70(79)72-56-71-69-38-16-20-42-78(69)98(85(71)58-86(72)101)66-34-12-4-13-35-66)73(55-64)91-96-89(62-30-10-3-11-31-62)95-90(97-91)65-33-24-32-63(54-65)59-48-51-68(52-49-59)100-82-45-23-19-41-75(82)92-74-40-18-22-44-81(74)99(67-36-14-5-15-37-67)83-46-25-47-84(100)87(83)92/h1-58H. The third-order valence-corrected chi connectivity index (χ3v) is 20.2. The molecule has 2 aliphatic rings. The lowest BCUT2D eigenvalue weighted by Crippen LogP contribution is -2.61. The number of rotatable bonds is 11. The topological polar surface area (TPSA) is 80.8 Å². The Bertz CT molecular complexity index is 6220. The van der Waals surface area contributed by atoms with Crippen molar-refractivity contribution in [3.05, 3.63) is 352 Å². The van der Waals surface area contributed by atoms with Gasteiger partial charge in [0.25, 0.3) is 6.71 Å². The van der Waals surface area contributed by atoms with E-state index in [1.165, 1.54) is 44.2 Å². The Morgan fingerprint density at radius 3 is 1.28 bits per heavy atom. The molecule has 20 rings (SSSR count). The smallest absolute Gasteiger partial charge is 0.252 e. The molecule has 0 saturated carbocycles. The Morgan fingerprint density at radius 2 is 0.653 bits per heavy atom. The molecule has 101 heavy (non-hydrogen) atoms. The second-order valence-corrected chi connectivity index (χ2v) is 25.9.